The third kappa shape index (κ3) is 7.17. The maximum Gasteiger partial charge on any atom is 0.242 e. The SMILES string of the molecule is Cc1ccc(OCCC(=O)N[C@H](C)C(=O)NC(C)(C)C)c(C)c1. The van der Waals surface area contributed by atoms with Gasteiger partial charge in [-0.05, 0) is 53.2 Å². The molecule has 0 aliphatic heterocycles. The van der Waals surface area contributed by atoms with Crippen molar-refractivity contribution in [3.63, 3.8) is 0 Å². The van der Waals surface area contributed by atoms with Crippen molar-refractivity contribution < 1.29 is 14.3 Å². The molecule has 2 amide bonds. The van der Waals surface area contributed by atoms with Gasteiger partial charge in [-0.25, -0.2) is 0 Å². The first-order chi connectivity index (χ1) is 10.6. The van der Waals surface area contributed by atoms with Gasteiger partial charge in [0.15, 0.2) is 0 Å². The van der Waals surface area contributed by atoms with E-state index in [1.54, 1.807) is 6.92 Å². The van der Waals surface area contributed by atoms with E-state index in [1.165, 1.54) is 5.56 Å². The lowest BCUT2D eigenvalue weighted by Crippen LogP contribution is -2.50. The summed E-state index contributed by atoms with van der Waals surface area (Å²) in [5.74, 6) is 0.384. The van der Waals surface area contributed by atoms with Gasteiger partial charge in [0.25, 0.3) is 0 Å². The molecule has 1 aromatic rings. The van der Waals surface area contributed by atoms with E-state index < -0.39 is 6.04 Å². The Morgan fingerprint density at radius 1 is 1.22 bits per heavy atom. The average Bonchev–Trinajstić information content (AvgIpc) is 2.39. The summed E-state index contributed by atoms with van der Waals surface area (Å²) in [6.07, 6.45) is 0.209. The Kier molecular flexibility index (Phi) is 6.61. The van der Waals surface area contributed by atoms with Gasteiger partial charge in [0.2, 0.25) is 11.8 Å². The molecule has 5 nitrogen and oxygen atoms in total. The summed E-state index contributed by atoms with van der Waals surface area (Å²) in [7, 11) is 0. The largest absolute Gasteiger partial charge is 0.493 e. The maximum atomic E-state index is 11.9. The second kappa shape index (κ2) is 7.99. The molecule has 0 heterocycles. The van der Waals surface area contributed by atoms with Crippen LogP contribution in [-0.2, 0) is 9.59 Å². The Hall–Kier alpha value is -2.04. The minimum atomic E-state index is -0.567. The van der Waals surface area contributed by atoms with E-state index in [0.717, 1.165) is 11.3 Å². The molecule has 5 heteroatoms. The molecular formula is C18H28N2O3. The highest BCUT2D eigenvalue weighted by molar-refractivity contribution is 5.87. The first kappa shape index (κ1) is 19.0. The quantitative estimate of drug-likeness (QED) is 0.846. The minimum absolute atomic E-state index is 0.193. The van der Waals surface area contributed by atoms with Gasteiger partial charge in [0.1, 0.15) is 11.8 Å². The van der Waals surface area contributed by atoms with Crippen LogP contribution in [0.5, 0.6) is 5.75 Å². The zero-order valence-electron chi connectivity index (χ0n) is 14.9. The van der Waals surface area contributed by atoms with E-state index in [-0.39, 0.29) is 30.4 Å². The minimum Gasteiger partial charge on any atom is -0.493 e. The van der Waals surface area contributed by atoms with Gasteiger partial charge in [-0.2, -0.15) is 0 Å². The van der Waals surface area contributed by atoms with Crippen LogP contribution in [0, 0.1) is 13.8 Å². The normalized spacial score (nSPS) is 12.4. The molecule has 0 unspecified atom stereocenters. The number of amides is 2. The van der Waals surface area contributed by atoms with Crippen molar-refractivity contribution in [3.8, 4) is 5.75 Å². The van der Waals surface area contributed by atoms with Crippen molar-refractivity contribution in [2.45, 2.75) is 59.5 Å². The van der Waals surface area contributed by atoms with Gasteiger partial charge < -0.3 is 15.4 Å². The fourth-order valence-corrected chi connectivity index (χ4v) is 2.07. The number of benzene rings is 1. The van der Waals surface area contributed by atoms with E-state index in [1.807, 2.05) is 52.8 Å². The summed E-state index contributed by atoms with van der Waals surface area (Å²) < 4.78 is 5.62. The maximum absolute atomic E-state index is 11.9. The molecule has 1 rings (SSSR count). The van der Waals surface area contributed by atoms with Crippen LogP contribution < -0.4 is 15.4 Å². The van der Waals surface area contributed by atoms with Crippen LogP contribution in [0.2, 0.25) is 0 Å². The molecule has 0 bridgehead atoms. The molecule has 128 valence electrons. The number of carbonyl (C=O) groups excluding carboxylic acids is 2. The summed E-state index contributed by atoms with van der Waals surface area (Å²) in [4.78, 5) is 23.8. The van der Waals surface area contributed by atoms with Crippen molar-refractivity contribution in [2.75, 3.05) is 6.61 Å². The van der Waals surface area contributed by atoms with Crippen LogP contribution in [0.4, 0.5) is 0 Å². The average molecular weight is 320 g/mol. The number of ether oxygens (including phenoxy) is 1. The highest BCUT2D eigenvalue weighted by Crippen LogP contribution is 2.18. The van der Waals surface area contributed by atoms with Crippen LogP contribution in [0.3, 0.4) is 0 Å². The van der Waals surface area contributed by atoms with Crippen molar-refractivity contribution in [1.82, 2.24) is 10.6 Å². The molecule has 0 aliphatic rings. The summed E-state index contributed by atoms with van der Waals surface area (Å²) >= 11 is 0. The van der Waals surface area contributed by atoms with Crippen molar-refractivity contribution in [1.29, 1.82) is 0 Å². The number of carbonyl (C=O) groups is 2. The fraction of sp³-hybridized carbons (Fsp3) is 0.556. The summed E-state index contributed by atoms with van der Waals surface area (Å²) in [5.41, 5.74) is 1.90. The molecular weight excluding hydrogens is 292 g/mol. The Morgan fingerprint density at radius 2 is 1.87 bits per heavy atom. The molecule has 2 N–H and O–H groups in total. The Morgan fingerprint density at radius 3 is 2.43 bits per heavy atom. The topological polar surface area (TPSA) is 67.4 Å². The Labute approximate surface area is 138 Å². The standard InChI is InChI=1S/C18H28N2O3/c1-12-7-8-15(13(2)11-12)23-10-9-16(21)19-14(3)17(22)20-18(4,5)6/h7-8,11,14H,9-10H2,1-6H3,(H,19,21)(H,20,22)/t14-/m1/s1. The van der Waals surface area contributed by atoms with Gasteiger partial charge in [-0.1, -0.05) is 17.7 Å². The van der Waals surface area contributed by atoms with Crippen molar-refractivity contribution >= 4 is 11.8 Å². The molecule has 0 spiro atoms. The monoisotopic (exact) mass is 320 g/mol. The van der Waals surface area contributed by atoms with Crippen molar-refractivity contribution in [2.24, 2.45) is 0 Å². The van der Waals surface area contributed by atoms with Gasteiger partial charge in [0, 0.05) is 5.54 Å². The molecule has 0 saturated heterocycles. The van der Waals surface area contributed by atoms with Crippen LogP contribution in [0.1, 0.15) is 45.2 Å². The number of hydrogen-bond donors (Lipinski definition) is 2. The predicted molar refractivity (Wildman–Crippen MR) is 91.5 cm³/mol. The molecule has 0 aliphatic carbocycles. The smallest absolute Gasteiger partial charge is 0.242 e. The number of hydrogen-bond acceptors (Lipinski definition) is 3. The molecule has 0 saturated carbocycles. The Bertz CT molecular complexity index is 562. The van der Waals surface area contributed by atoms with Gasteiger partial charge in [0.05, 0.1) is 13.0 Å². The van der Waals surface area contributed by atoms with Gasteiger partial charge >= 0.3 is 0 Å². The molecule has 0 aromatic heterocycles. The zero-order chi connectivity index (χ0) is 17.6. The predicted octanol–water partition coefficient (Wildman–Crippen LogP) is 2.49. The van der Waals surface area contributed by atoms with E-state index in [9.17, 15) is 9.59 Å². The Balaban J connectivity index is 2.38. The summed E-state index contributed by atoms with van der Waals surface area (Å²) in [6, 6.07) is 5.35. The first-order valence-electron chi connectivity index (χ1n) is 7.90. The van der Waals surface area contributed by atoms with Gasteiger partial charge in [-0.15, -0.1) is 0 Å². The van der Waals surface area contributed by atoms with Crippen molar-refractivity contribution in [3.05, 3.63) is 29.3 Å². The van der Waals surface area contributed by atoms with Crippen LogP contribution >= 0.6 is 0 Å². The third-order valence-corrected chi connectivity index (χ3v) is 3.19. The van der Waals surface area contributed by atoms with Crippen LogP contribution in [0.15, 0.2) is 18.2 Å². The molecule has 1 atom stereocenters. The molecule has 23 heavy (non-hydrogen) atoms. The van der Waals surface area contributed by atoms with Crippen LogP contribution in [0.25, 0.3) is 0 Å². The molecule has 0 radical (unpaired) electrons. The lowest BCUT2D eigenvalue weighted by Gasteiger charge is -2.23. The van der Waals surface area contributed by atoms with E-state index in [0.29, 0.717) is 0 Å². The molecule has 0 fully saturated rings. The second-order valence-corrected chi connectivity index (χ2v) is 6.90. The highest BCUT2D eigenvalue weighted by Gasteiger charge is 2.20. The second-order valence-electron chi connectivity index (χ2n) is 6.90. The lowest BCUT2D eigenvalue weighted by atomic mass is 10.1. The fourth-order valence-electron chi connectivity index (χ4n) is 2.07. The van der Waals surface area contributed by atoms with Crippen LogP contribution in [-0.4, -0.2) is 30.0 Å². The van der Waals surface area contributed by atoms with Gasteiger partial charge in [-0.3, -0.25) is 9.59 Å². The summed E-state index contributed by atoms with van der Waals surface area (Å²) in [6.45, 7) is 11.6. The molecule has 1 aromatic carbocycles. The van der Waals surface area contributed by atoms with E-state index in [2.05, 4.69) is 10.6 Å². The number of aryl methyl sites for hydroxylation is 2. The zero-order valence-corrected chi connectivity index (χ0v) is 14.9. The lowest BCUT2D eigenvalue weighted by molar-refractivity contribution is -0.129. The first-order valence-corrected chi connectivity index (χ1v) is 7.90. The number of rotatable bonds is 6. The number of nitrogens with one attached hydrogen (secondary N) is 2. The summed E-state index contributed by atoms with van der Waals surface area (Å²) in [5, 5.41) is 5.52. The van der Waals surface area contributed by atoms with E-state index >= 15 is 0 Å². The highest BCUT2D eigenvalue weighted by atomic mass is 16.5. The van der Waals surface area contributed by atoms with E-state index in [4.69, 9.17) is 4.74 Å². The third-order valence-electron chi connectivity index (χ3n) is 3.19.